The Morgan fingerprint density at radius 3 is 0.993 bits per heavy atom. The van der Waals surface area contributed by atoms with Crippen LogP contribution < -0.4 is 31.9 Å². The molecule has 0 radical (unpaired) electrons. The van der Waals surface area contributed by atoms with Crippen molar-refractivity contribution in [1.82, 2.24) is 76.9 Å². The lowest BCUT2D eigenvalue weighted by Gasteiger charge is -2.34. The summed E-state index contributed by atoms with van der Waals surface area (Å²) in [5.74, 6) is -1.90. The summed E-state index contributed by atoms with van der Waals surface area (Å²) in [4.78, 5) is 229. The molecule has 0 spiro atoms. The number of benzene rings is 1. The van der Waals surface area contributed by atoms with Crippen LogP contribution in [0.4, 0.5) is 9.59 Å². The van der Waals surface area contributed by atoms with Crippen molar-refractivity contribution in [2.45, 2.75) is 513 Å². The Labute approximate surface area is 888 Å². The average molecular weight is 2110 g/mol. The van der Waals surface area contributed by atoms with Crippen molar-refractivity contribution in [2.75, 3.05) is 0 Å². The molecule has 4 atom stereocenters. The second-order valence-corrected chi connectivity index (χ2v) is 45.2. The van der Waals surface area contributed by atoms with Crippen molar-refractivity contribution < 1.29 is 115 Å². The predicted molar refractivity (Wildman–Crippen MR) is 561 cm³/mol. The fourth-order valence-corrected chi connectivity index (χ4v) is 16.3. The average Bonchev–Trinajstić information content (AvgIpc) is 1.54. The van der Waals surface area contributed by atoms with Crippen molar-refractivity contribution in [1.29, 1.82) is 0 Å². The zero-order valence-corrected chi connectivity index (χ0v) is 93.3. The number of amides is 6. The maximum Gasteiger partial charge on any atom is 0.373 e. The number of nitrogens with zero attached hydrogens (tertiary/aromatic N) is 9. The number of carbonyl (C=O) groups is 14. The van der Waals surface area contributed by atoms with E-state index in [1.165, 1.54) is 0 Å². The van der Waals surface area contributed by atoms with Crippen LogP contribution >= 0.6 is 0 Å². The fraction of sp³-hybridized carbons (Fsp3) is 0.739. The first-order valence-electron chi connectivity index (χ1n) is 54.1. The van der Waals surface area contributed by atoms with Gasteiger partial charge in [-0.25, -0.2) is 23.9 Å². The number of esters is 3. The van der Waals surface area contributed by atoms with Crippen LogP contribution in [0, 0.1) is 16.2 Å². The van der Waals surface area contributed by atoms with Crippen LogP contribution in [0.1, 0.15) is 477 Å². The van der Waals surface area contributed by atoms with E-state index in [1.54, 1.807) is 107 Å². The third-order valence-corrected chi connectivity index (χ3v) is 24.5. The third-order valence-electron chi connectivity index (χ3n) is 24.5. The number of aliphatic carboxylic acids is 1. The zero-order valence-electron chi connectivity index (χ0n) is 93.3. The van der Waals surface area contributed by atoms with E-state index in [9.17, 15) is 67.1 Å². The third kappa shape index (κ3) is 71.8. The molecule has 7 N–H and O–H groups in total. The smallest absolute Gasteiger partial charge is 0.373 e. The van der Waals surface area contributed by atoms with Crippen molar-refractivity contribution in [2.24, 2.45) is 16.2 Å². The number of unbranched alkanes of at least 4 members (excludes halogenated alkanes) is 21. The van der Waals surface area contributed by atoms with Gasteiger partial charge in [-0.15, -0.1) is 15.3 Å². The topological polar surface area (TPSA) is 554 Å². The largest absolute Gasteiger partial charge is 0.481 e. The Morgan fingerprint density at radius 1 is 0.333 bits per heavy atom. The number of carboxylic acids is 1. The number of nitrogens with one attached hydrogen (secondary N) is 6. The van der Waals surface area contributed by atoms with E-state index in [0.29, 0.717) is 182 Å². The SMILES string of the molecule is CC(C)(C)CC[C@H](NC(=O)N[C@@H](CCCCn1cc(CNC(=O)CCCCCCC(=O)CCCCCCC(=O)CCCCCCC(=O)c2cc(C(=O)CCCCCCC(=O)CCCCCCC(=O)CCCCCCC(=O)NCc3cn(CCCC[C@H](NC(=O)N[C@@H](CCC(=O)OC(C)(C)C)C(=O)OC(C)(C)C)C(C)(C)C)nn3)cc(-n3cc(CCCCC(=O)O)nn3)c2)nn1)C(=O)OC(C)(C)C)C(C)(C)C.O=C=O.O=C=O.O=C=O. The number of ether oxygens (including phenoxy) is 3. The fourth-order valence-electron chi connectivity index (χ4n) is 16.3. The number of hydrogen-bond acceptors (Lipinski definition) is 29. The quantitative estimate of drug-likeness (QED) is 0.00934. The van der Waals surface area contributed by atoms with Crippen LogP contribution in [-0.4, -0.2) is 192 Å². The summed E-state index contributed by atoms with van der Waals surface area (Å²) in [5.41, 5.74) is 0.682. The van der Waals surface area contributed by atoms with E-state index in [2.05, 4.69) is 104 Å². The summed E-state index contributed by atoms with van der Waals surface area (Å²) in [7, 11) is 0. The normalized spacial score (nSPS) is 12.3. The van der Waals surface area contributed by atoms with Crippen LogP contribution in [0.5, 0.6) is 0 Å². The van der Waals surface area contributed by atoms with Crippen molar-refractivity contribution in [3.63, 3.8) is 0 Å². The van der Waals surface area contributed by atoms with Gasteiger partial charge in [0.1, 0.15) is 63.4 Å². The minimum absolute atomic E-state index is 0.0157. The first-order valence-corrected chi connectivity index (χ1v) is 54.1. The Balaban J connectivity index is 0.0000120. The van der Waals surface area contributed by atoms with Crippen LogP contribution in [0.25, 0.3) is 5.69 Å². The molecule has 3 aromatic heterocycles. The molecule has 0 bridgehead atoms. The molecule has 0 aliphatic heterocycles. The van der Waals surface area contributed by atoms with Crippen LogP contribution in [0.3, 0.4) is 0 Å². The number of urea groups is 2. The predicted octanol–water partition coefficient (Wildman–Crippen LogP) is 19.0. The molecule has 4 rings (SSSR count). The molecule has 0 saturated carbocycles. The van der Waals surface area contributed by atoms with E-state index in [-0.39, 0.29) is 138 Å². The van der Waals surface area contributed by atoms with Gasteiger partial charge in [0.2, 0.25) is 11.8 Å². The molecule has 0 unspecified atom stereocenters. The molecule has 39 heteroatoms. The maximum absolute atomic E-state index is 13.8. The highest BCUT2D eigenvalue weighted by atomic mass is 16.6. The molecular formula is C111H179N15O24. The minimum Gasteiger partial charge on any atom is -0.481 e. The van der Waals surface area contributed by atoms with Gasteiger partial charge >= 0.3 is 54.4 Å². The summed E-state index contributed by atoms with van der Waals surface area (Å²) in [6.07, 6.45) is 37.6. The number of carboxylic acid groups (broad SMARTS) is 1. The lowest BCUT2D eigenvalue weighted by molar-refractivity contribution is -0.193. The molecule has 0 saturated heterocycles. The maximum atomic E-state index is 13.8. The summed E-state index contributed by atoms with van der Waals surface area (Å²) in [5, 5.41) is 52.3. The van der Waals surface area contributed by atoms with Gasteiger partial charge in [-0.1, -0.05) is 155 Å². The highest BCUT2D eigenvalue weighted by molar-refractivity contribution is 6.02. The minimum atomic E-state index is -1.06. The van der Waals surface area contributed by atoms with E-state index in [0.717, 1.165) is 154 Å². The first-order chi connectivity index (χ1) is 70.6. The van der Waals surface area contributed by atoms with Gasteiger partial charge in [0, 0.05) is 126 Å². The van der Waals surface area contributed by atoms with E-state index in [4.69, 9.17) is 48.1 Å². The molecule has 39 nitrogen and oxygen atoms in total. The van der Waals surface area contributed by atoms with Gasteiger partial charge in [0.05, 0.1) is 43.1 Å². The number of Topliss-reactive ketones (excluding diaryl/α,β-unsaturated/α-hetero) is 6. The molecule has 1 aromatic carbocycles. The zero-order chi connectivity index (χ0) is 113. The van der Waals surface area contributed by atoms with Crippen molar-refractivity contribution >= 4 is 101 Å². The summed E-state index contributed by atoms with van der Waals surface area (Å²) in [6.45, 7) is 36.5. The second kappa shape index (κ2) is 75.8. The highest BCUT2D eigenvalue weighted by Crippen LogP contribution is 2.31. The molecule has 3 heterocycles. The van der Waals surface area contributed by atoms with E-state index in [1.807, 2.05) is 27.0 Å². The van der Waals surface area contributed by atoms with Gasteiger partial charge in [-0.2, -0.15) is 28.8 Å². The monoisotopic (exact) mass is 2110 g/mol. The van der Waals surface area contributed by atoms with E-state index < -0.39 is 64.8 Å². The van der Waals surface area contributed by atoms with Gasteiger partial charge in [0.25, 0.3) is 0 Å². The lowest BCUT2D eigenvalue weighted by atomic mass is 9.80. The number of aromatic nitrogens is 9. The Hall–Kier alpha value is -11.8. The molecule has 842 valence electrons. The molecule has 0 aliphatic carbocycles. The van der Waals surface area contributed by atoms with Crippen molar-refractivity contribution in [3.8, 4) is 5.69 Å². The van der Waals surface area contributed by atoms with Gasteiger partial charge in [-0.3, -0.25) is 57.3 Å². The summed E-state index contributed by atoms with van der Waals surface area (Å²) < 4.78 is 21.7. The molecular weight excluding hydrogens is 1930 g/mol. The van der Waals surface area contributed by atoms with Crippen LogP contribution in [0.15, 0.2) is 36.8 Å². The number of rotatable bonds is 75. The standard InChI is InChI=1S/C108H179N15O18.3CO2/c1-103(2,3)68-67-94(105(7,8)9)114-101(137)111-89(99(135)140-107(13,14)15)58-45-47-69-121-76-82(116-118-121)74-109-95(130)62-41-29-25-37-56-87(126)52-33-21-19-31-50-85(124)54-35-23-27-39-59-91(128)79-71-80(73-84(72-79)123-78-81(115-120-123)49-43-44-64-97(132)133)92(129)60-40-28-24-36-55-86(125)51-32-20-22-34-53-88(127)57-38-26-30-42-63-96(131)110-75-83-77-122(119-117-83)70-48-46-61-93(104(4,5)6)113-102(138)112-90(100(136)141-108(16,17)18)65-66-98(134)139-106(10,11)12;3*2-1-3/h71-73,76-78,89-90,93-94H,19-70,74-75H2,1-18H3,(H,109,130)(H,110,131)(H,132,133)(H2,111,114,137)(H2,112,113,138);;;/t89-,90-,93-,94-;;;/m0.../s1. The second-order valence-electron chi connectivity index (χ2n) is 45.2. The van der Waals surface area contributed by atoms with Gasteiger partial charge in [0.15, 0.2) is 11.6 Å². The number of hydrogen-bond donors (Lipinski definition) is 7. The van der Waals surface area contributed by atoms with Gasteiger partial charge in [-0.05, 0) is 251 Å². The lowest BCUT2D eigenvalue weighted by Crippen LogP contribution is -2.53. The Kier molecular flexibility index (Phi) is 68.8. The Bertz CT molecular complexity index is 4770. The molecule has 0 fully saturated rings. The Morgan fingerprint density at radius 2 is 0.653 bits per heavy atom. The van der Waals surface area contributed by atoms with Crippen molar-refractivity contribution in [3.05, 3.63) is 65.0 Å². The molecule has 0 aliphatic rings. The highest BCUT2D eigenvalue weighted by Gasteiger charge is 2.35. The molecule has 6 amide bonds. The summed E-state index contributed by atoms with van der Waals surface area (Å²) >= 11 is 0. The van der Waals surface area contributed by atoms with Crippen LogP contribution in [-0.2, 0) is 124 Å². The number of aryl methyl sites for hydroxylation is 3. The van der Waals surface area contributed by atoms with E-state index >= 15 is 0 Å². The van der Waals surface area contributed by atoms with Gasteiger partial charge < -0.3 is 51.2 Å². The summed E-state index contributed by atoms with van der Waals surface area (Å²) in [6, 6.07) is 1.97. The number of ketones is 6. The first kappa shape index (κ1) is 136. The molecule has 4 aromatic rings. The number of carbonyl (C=O) groups excluding carboxylic acids is 19. The molecule has 150 heavy (non-hydrogen) atoms. The van der Waals surface area contributed by atoms with Crippen LogP contribution in [0.2, 0.25) is 0 Å².